The first-order valence-electron chi connectivity index (χ1n) is 17.1. The van der Waals surface area contributed by atoms with Gasteiger partial charge in [-0.2, -0.15) is 5.10 Å². The molecule has 3 aromatic rings. The summed E-state index contributed by atoms with van der Waals surface area (Å²) in [6, 6.07) is 8.54. The van der Waals surface area contributed by atoms with Gasteiger partial charge in [0.15, 0.2) is 0 Å². The number of nitrogens with zero attached hydrogens (tertiary/aromatic N) is 6. The van der Waals surface area contributed by atoms with Crippen LogP contribution in [0.3, 0.4) is 0 Å². The van der Waals surface area contributed by atoms with E-state index in [1.165, 1.54) is 0 Å². The first kappa shape index (κ1) is 32.0. The number of carbonyl (C=O) groups is 2. The first-order valence-corrected chi connectivity index (χ1v) is 17.1. The maximum absolute atomic E-state index is 14.4. The fraction of sp³-hybridized carbons (Fsp3) is 0.583. The Bertz CT molecular complexity index is 1520. The second-order valence-corrected chi connectivity index (χ2v) is 13.8. The van der Waals surface area contributed by atoms with Crippen molar-refractivity contribution in [1.82, 2.24) is 24.6 Å². The smallest absolute Gasteiger partial charge is 0.407 e. The van der Waals surface area contributed by atoms with Gasteiger partial charge in [-0.25, -0.2) is 9.78 Å². The maximum Gasteiger partial charge on any atom is 0.407 e. The molecule has 46 heavy (non-hydrogen) atoms. The number of anilines is 1. The van der Waals surface area contributed by atoms with Crippen molar-refractivity contribution in [2.45, 2.75) is 109 Å². The van der Waals surface area contributed by atoms with Crippen LogP contribution in [0.15, 0.2) is 42.9 Å². The predicted molar refractivity (Wildman–Crippen MR) is 177 cm³/mol. The van der Waals surface area contributed by atoms with Gasteiger partial charge in [0.25, 0.3) is 0 Å². The highest BCUT2D eigenvalue weighted by Gasteiger charge is 2.41. The van der Waals surface area contributed by atoms with Gasteiger partial charge in [0.1, 0.15) is 11.6 Å². The molecule has 3 fully saturated rings. The zero-order valence-electron chi connectivity index (χ0n) is 27.6. The summed E-state index contributed by atoms with van der Waals surface area (Å²) in [5, 5.41) is 14.4. The van der Waals surface area contributed by atoms with Crippen molar-refractivity contribution in [3.8, 4) is 16.9 Å². The number of aromatic nitrogens is 4. The predicted octanol–water partition coefficient (Wildman–Crippen LogP) is 7.25. The quantitative estimate of drug-likeness (QED) is 0.252. The molecule has 0 aliphatic heterocycles. The summed E-state index contributed by atoms with van der Waals surface area (Å²) in [5.41, 5.74) is 4.04. The molecule has 1 N–H and O–H groups in total. The number of carboxylic acid groups (broad SMARTS) is 1. The Morgan fingerprint density at radius 2 is 1.67 bits per heavy atom. The fourth-order valence-electron chi connectivity index (χ4n) is 7.51. The van der Waals surface area contributed by atoms with Crippen LogP contribution in [0.1, 0.15) is 101 Å². The minimum absolute atomic E-state index is 0.00641. The third kappa shape index (κ3) is 7.05. The first-order chi connectivity index (χ1) is 22.2. The lowest BCUT2D eigenvalue weighted by Gasteiger charge is -2.38. The number of hydrogen-bond acceptors (Lipinski definition) is 6. The molecule has 3 saturated carbocycles. The SMILES string of the molecule is COc1ccc([C@H]2CC[C@H](CN(c3cc(-c4cnn(C(C)C)c4)ccn3)C(=O)[C@H]3CC[C@H](N(C(=O)O)C4CC4)CC3)CC2)nc1C. The van der Waals surface area contributed by atoms with E-state index in [1.807, 2.05) is 47.1 Å². The molecular formula is C36H48N6O4. The van der Waals surface area contributed by atoms with Crippen molar-refractivity contribution >= 4 is 17.8 Å². The van der Waals surface area contributed by atoms with Gasteiger partial charge in [-0.15, -0.1) is 0 Å². The van der Waals surface area contributed by atoms with Gasteiger partial charge in [-0.05, 0) is 121 Å². The van der Waals surface area contributed by atoms with Gasteiger partial charge >= 0.3 is 6.09 Å². The van der Waals surface area contributed by atoms with E-state index in [1.54, 1.807) is 18.2 Å². The topological polar surface area (TPSA) is 114 Å². The number of rotatable bonds is 10. The van der Waals surface area contributed by atoms with Crippen molar-refractivity contribution in [1.29, 1.82) is 0 Å². The lowest BCUT2D eigenvalue weighted by molar-refractivity contribution is -0.123. The molecule has 246 valence electrons. The standard InChI is InChI=1S/C36H48N6O4/c1-23(2)41-22-29(20-38-41)28-17-18-37-34(19-28)40(35(43)27-9-11-30(12-10-27)42(36(44)45)31-13-14-31)21-25-5-7-26(8-6-25)32-15-16-33(46-4)24(3)39-32/h15-20,22-23,25-27,30-31H,5-14,21H2,1-4H3,(H,44,45)/t25-,26-,27-,30-. The second kappa shape index (κ2) is 13.8. The molecule has 0 radical (unpaired) electrons. The molecule has 0 saturated heterocycles. The van der Waals surface area contributed by atoms with Crippen molar-refractivity contribution in [2.75, 3.05) is 18.6 Å². The van der Waals surface area contributed by atoms with E-state index in [-0.39, 0.29) is 30.0 Å². The van der Waals surface area contributed by atoms with E-state index in [0.29, 0.717) is 37.0 Å². The molecule has 0 spiro atoms. The minimum Gasteiger partial charge on any atom is -0.495 e. The number of hydrogen-bond donors (Lipinski definition) is 1. The molecule has 10 nitrogen and oxygen atoms in total. The molecule has 6 rings (SSSR count). The third-order valence-electron chi connectivity index (χ3n) is 10.3. The second-order valence-electron chi connectivity index (χ2n) is 13.8. The van der Waals surface area contributed by atoms with E-state index in [9.17, 15) is 14.7 Å². The molecule has 3 aromatic heterocycles. The van der Waals surface area contributed by atoms with Crippen LogP contribution >= 0.6 is 0 Å². The third-order valence-corrected chi connectivity index (χ3v) is 10.3. The number of aryl methyl sites for hydroxylation is 1. The van der Waals surface area contributed by atoms with Crippen molar-refractivity contribution in [3.63, 3.8) is 0 Å². The van der Waals surface area contributed by atoms with Crippen LogP contribution < -0.4 is 9.64 Å². The van der Waals surface area contributed by atoms with E-state index in [0.717, 1.165) is 79.6 Å². The lowest BCUT2D eigenvalue weighted by atomic mass is 9.79. The zero-order valence-corrected chi connectivity index (χ0v) is 27.6. The largest absolute Gasteiger partial charge is 0.495 e. The van der Waals surface area contributed by atoms with Gasteiger partial charge in [-0.1, -0.05) is 0 Å². The van der Waals surface area contributed by atoms with Gasteiger partial charge in [-0.3, -0.25) is 19.4 Å². The average molecular weight is 629 g/mol. The summed E-state index contributed by atoms with van der Waals surface area (Å²) in [5.74, 6) is 2.24. The summed E-state index contributed by atoms with van der Waals surface area (Å²) in [6.07, 6.45) is 13.8. The van der Waals surface area contributed by atoms with Crippen LogP contribution in [0.25, 0.3) is 11.1 Å². The van der Waals surface area contributed by atoms with Crippen molar-refractivity contribution in [3.05, 3.63) is 54.2 Å². The van der Waals surface area contributed by atoms with Crippen LogP contribution in [0.4, 0.5) is 10.6 Å². The average Bonchev–Trinajstić information content (AvgIpc) is 3.76. The Morgan fingerprint density at radius 3 is 2.26 bits per heavy atom. The Balaban J connectivity index is 1.19. The monoisotopic (exact) mass is 628 g/mol. The molecule has 0 atom stereocenters. The van der Waals surface area contributed by atoms with E-state index >= 15 is 0 Å². The summed E-state index contributed by atoms with van der Waals surface area (Å²) in [7, 11) is 1.68. The van der Waals surface area contributed by atoms with Crippen LogP contribution in [0.5, 0.6) is 5.75 Å². The molecule has 10 heteroatoms. The number of methoxy groups -OCH3 is 1. The van der Waals surface area contributed by atoms with Crippen LogP contribution in [0.2, 0.25) is 0 Å². The molecule has 3 aliphatic carbocycles. The Hall–Kier alpha value is -3.95. The normalized spacial score (nSPS) is 23.2. The van der Waals surface area contributed by atoms with Gasteiger partial charge in [0.05, 0.1) is 19.0 Å². The fourth-order valence-corrected chi connectivity index (χ4v) is 7.51. The van der Waals surface area contributed by atoms with E-state index < -0.39 is 6.09 Å². The number of amides is 2. The highest BCUT2D eigenvalue weighted by molar-refractivity contribution is 5.94. The highest BCUT2D eigenvalue weighted by atomic mass is 16.5. The van der Waals surface area contributed by atoms with Crippen LogP contribution in [0, 0.1) is 18.8 Å². The Morgan fingerprint density at radius 1 is 0.978 bits per heavy atom. The molecule has 3 aliphatic rings. The van der Waals surface area contributed by atoms with E-state index in [4.69, 9.17) is 14.7 Å². The molecule has 0 unspecified atom stereocenters. The number of pyridine rings is 2. The van der Waals surface area contributed by atoms with Crippen molar-refractivity contribution < 1.29 is 19.4 Å². The van der Waals surface area contributed by atoms with Crippen LogP contribution in [-0.2, 0) is 4.79 Å². The molecule has 3 heterocycles. The van der Waals surface area contributed by atoms with Gasteiger partial charge < -0.3 is 14.7 Å². The Labute approximate surface area is 272 Å². The van der Waals surface area contributed by atoms with E-state index in [2.05, 4.69) is 25.0 Å². The minimum atomic E-state index is -0.823. The number of carbonyl (C=O) groups excluding carboxylic acids is 1. The van der Waals surface area contributed by atoms with Crippen LogP contribution in [-0.4, -0.2) is 67.5 Å². The van der Waals surface area contributed by atoms with Crippen molar-refractivity contribution in [2.24, 2.45) is 11.8 Å². The van der Waals surface area contributed by atoms with Gasteiger partial charge in [0, 0.05) is 60.2 Å². The summed E-state index contributed by atoms with van der Waals surface area (Å²) < 4.78 is 7.35. The summed E-state index contributed by atoms with van der Waals surface area (Å²) in [6.45, 7) is 6.83. The summed E-state index contributed by atoms with van der Waals surface area (Å²) >= 11 is 0. The van der Waals surface area contributed by atoms with Gasteiger partial charge in [0.2, 0.25) is 5.91 Å². The lowest BCUT2D eigenvalue weighted by Crippen LogP contribution is -2.46. The maximum atomic E-state index is 14.4. The Kier molecular flexibility index (Phi) is 9.61. The molecule has 0 aromatic carbocycles. The highest BCUT2D eigenvalue weighted by Crippen LogP contribution is 2.39. The molecule has 0 bridgehead atoms. The number of ether oxygens (including phenoxy) is 1. The molecule has 2 amide bonds. The molecular weight excluding hydrogens is 580 g/mol. The summed E-state index contributed by atoms with van der Waals surface area (Å²) in [4.78, 5) is 39.5. The zero-order chi connectivity index (χ0) is 32.4.